The summed E-state index contributed by atoms with van der Waals surface area (Å²) in [5.74, 6) is 0. The molecule has 2 amide bonds. The van der Waals surface area contributed by atoms with E-state index in [0.29, 0.717) is 13.1 Å². The summed E-state index contributed by atoms with van der Waals surface area (Å²) in [6.07, 6.45) is 6.52. The van der Waals surface area contributed by atoms with Crippen molar-refractivity contribution >= 4 is 17.4 Å². The van der Waals surface area contributed by atoms with E-state index in [4.69, 9.17) is 0 Å². The van der Waals surface area contributed by atoms with E-state index in [2.05, 4.69) is 43.1 Å². The van der Waals surface area contributed by atoms with Crippen molar-refractivity contribution in [3.63, 3.8) is 0 Å². The van der Waals surface area contributed by atoms with Crippen molar-refractivity contribution in [1.29, 1.82) is 0 Å². The Morgan fingerprint density at radius 1 is 1.33 bits per heavy atom. The molecule has 1 aliphatic heterocycles. The Balaban J connectivity index is 1.39. The maximum absolute atomic E-state index is 12.0. The maximum Gasteiger partial charge on any atom is 0.314 e. The van der Waals surface area contributed by atoms with E-state index >= 15 is 0 Å². The molecule has 2 N–H and O–H groups in total. The largest absolute Gasteiger partial charge is 0.338 e. The Morgan fingerprint density at radius 3 is 2.92 bits per heavy atom. The molecule has 3 rings (SSSR count). The lowest BCUT2D eigenvalue weighted by molar-refractivity contribution is 0.222. The fourth-order valence-corrected chi connectivity index (χ4v) is 3.85. The molecule has 1 atom stereocenters. The predicted molar refractivity (Wildman–Crippen MR) is 93.9 cm³/mol. The van der Waals surface area contributed by atoms with Crippen LogP contribution in [0.25, 0.3) is 0 Å². The minimum atomic E-state index is -0.102. The molecular formula is C16H24N6OS. The fraction of sp³-hybridized carbons (Fsp3) is 0.562. The Labute approximate surface area is 146 Å². The Hall–Kier alpha value is -1.93. The average Bonchev–Trinajstić information content (AvgIpc) is 3.34. The first kappa shape index (κ1) is 16.9. The summed E-state index contributed by atoms with van der Waals surface area (Å²) >= 11 is 1.76. The van der Waals surface area contributed by atoms with Crippen molar-refractivity contribution < 1.29 is 4.79 Å². The zero-order chi connectivity index (χ0) is 16.6. The van der Waals surface area contributed by atoms with Gasteiger partial charge in [0.2, 0.25) is 0 Å². The number of amides is 2. The van der Waals surface area contributed by atoms with Gasteiger partial charge in [0.25, 0.3) is 0 Å². The quantitative estimate of drug-likeness (QED) is 0.714. The SMILES string of the molecule is O=C(NCCCn1cncn1)NCC(c1cccs1)N1CCCC1. The van der Waals surface area contributed by atoms with Crippen molar-refractivity contribution in [3.8, 4) is 0 Å². The number of aromatic nitrogens is 3. The van der Waals surface area contributed by atoms with Gasteiger partial charge in [0.1, 0.15) is 12.7 Å². The molecule has 1 aliphatic rings. The second kappa shape index (κ2) is 8.79. The third kappa shape index (κ3) is 4.78. The van der Waals surface area contributed by atoms with Gasteiger partial charge >= 0.3 is 6.03 Å². The molecule has 8 heteroatoms. The number of nitrogens with one attached hydrogen (secondary N) is 2. The lowest BCUT2D eigenvalue weighted by atomic mass is 10.2. The van der Waals surface area contributed by atoms with Crippen LogP contribution in [0.15, 0.2) is 30.2 Å². The maximum atomic E-state index is 12.0. The summed E-state index contributed by atoms with van der Waals surface area (Å²) in [7, 11) is 0. The van der Waals surface area contributed by atoms with Gasteiger partial charge in [0.15, 0.2) is 0 Å². The Kier molecular flexibility index (Phi) is 6.20. The number of hydrogen-bond acceptors (Lipinski definition) is 5. The van der Waals surface area contributed by atoms with Gasteiger partial charge in [-0.15, -0.1) is 11.3 Å². The topological polar surface area (TPSA) is 75.1 Å². The number of aryl methyl sites for hydroxylation is 1. The van der Waals surface area contributed by atoms with Gasteiger partial charge in [0, 0.05) is 24.5 Å². The van der Waals surface area contributed by atoms with Gasteiger partial charge in [-0.2, -0.15) is 5.10 Å². The van der Waals surface area contributed by atoms with Crippen molar-refractivity contribution in [3.05, 3.63) is 35.0 Å². The van der Waals surface area contributed by atoms with Gasteiger partial charge < -0.3 is 10.6 Å². The number of carbonyl (C=O) groups excluding carboxylic acids is 1. The molecular weight excluding hydrogens is 324 g/mol. The lowest BCUT2D eigenvalue weighted by Crippen LogP contribution is -2.41. The van der Waals surface area contributed by atoms with Crippen LogP contribution >= 0.6 is 11.3 Å². The minimum Gasteiger partial charge on any atom is -0.338 e. The van der Waals surface area contributed by atoms with Crippen LogP contribution in [0.4, 0.5) is 4.79 Å². The molecule has 1 saturated heterocycles. The summed E-state index contributed by atoms with van der Waals surface area (Å²) in [5, 5.41) is 12.1. The zero-order valence-electron chi connectivity index (χ0n) is 13.7. The first-order chi connectivity index (χ1) is 11.8. The number of thiophene rings is 1. The molecule has 0 bridgehead atoms. The molecule has 1 unspecified atom stereocenters. The Bertz CT molecular complexity index is 594. The highest BCUT2D eigenvalue weighted by Gasteiger charge is 2.24. The monoisotopic (exact) mass is 348 g/mol. The lowest BCUT2D eigenvalue weighted by Gasteiger charge is -2.26. The third-order valence-electron chi connectivity index (χ3n) is 4.23. The summed E-state index contributed by atoms with van der Waals surface area (Å²) in [4.78, 5) is 19.7. The van der Waals surface area contributed by atoms with E-state index < -0.39 is 0 Å². The second-order valence-corrected chi connectivity index (χ2v) is 6.90. The molecule has 24 heavy (non-hydrogen) atoms. The number of nitrogens with zero attached hydrogens (tertiary/aromatic N) is 4. The number of likely N-dealkylation sites (tertiary alicyclic amines) is 1. The third-order valence-corrected chi connectivity index (χ3v) is 5.20. The number of hydrogen-bond donors (Lipinski definition) is 2. The van der Waals surface area contributed by atoms with Crippen molar-refractivity contribution in [2.75, 3.05) is 26.2 Å². The highest BCUT2D eigenvalue weighted by Crippen LogP contribution is 2.27. The molecule has 1 fully saturated rings. The zero-order valence-corrected chi connectivity index (χ0v) is 14.5. The standard InChI is InChI=1S/C16H24N6OS/c23-16(18-6-4-9-22-13-17-12-20-22)19-11-14(15-5-3-10-24-15)21-7-1-2-8-21/h3,5,10,12-14H,1-2,4,6-9,11H2,(H2,18,19,23). The van der Waals surface area contributed by atoms with Crippen LogP contribution in [0.2, 0.25) is 0 Å². The Morgan fingerprint density at radius 2 is 2.21 bits per heavy atom. The first-order valence-electron chi connectivity index (χ1n) is 8.44. The number of rotatable bonds is 8. The van der Waals surface area contributed by atoms with Crippen LogP contribution in [0.1, 0.15) is 30.2 Å². The van der Waals surface area contributed by atoms with E-state index in [-0.39, 0.29) is 12.1 Å². The average molecular weight is 348 g/mol. The minimum absolute atomic E-state index is 0.102. The molecule has 0 aliphatic carbocycles. The van der Waals surface area contributed by atoms with Crippen LogP contribution in [-0.4, -0.2) is 51.9 Å². The van der Waals surface area contributed by atoms with E-state index in [0.717, 1.165) is 26.1 Å². The van der Waals surface area contributed by atoms with Gasteiger partial charge in [0.05, 0.1) is 6.04 Å². The molecule has 0 spiro atoms. The van der Waals surface area contributed by atoms with Crippen LogP contribution in [0.5, 0.6) is 0 Å². The summed E-state index contributed by atoms with van der Waals surface area (Å²) < 4.78 is 1.76. The van der Waals surface area contributed by atoms with Crippen molar-refractivity contribution in [1.82, 2.24) is 30.3 Å². The summed E-state index contributed by atoms with van der Waals surface area (Å²) in [5.41, 5.74) is 0. The molecule has 7 nitrogen and oxygen atoms in total. The fourth-order valence-electron chi connectivity index (χ4n) is 2.99. The normalized spacial score (nSPS) is 16.2. The van der Waals surface area contributed by atoms with Crippen LogP contribution in [0.3, 0.4) is 0 Å². The molecule has 2 aromatic heterocycles. The predicted octanol–water partition coefficient (Wildman–Crippen LogP) is 1.87. The molecule has 0 radical (unpaired) electrons. The molecule has 3 heterocycles. The molecule has 130 valence electrons. The smallest absolute Gasteiger partial charge is 0.314 e. The summed E-state index contributed by atoms with van der Waals surface area (Å²) in [6, 6.07) is 4.42. The molecule has 0 aromatic carbocycles. The van der Waals surface area contributed by atoms with Gasteiger partial charge in [-0.3, -0.25) is 9.58 Å². The summed E-state index contributed by atoms with van der Waals surface area (Å²) in [6.45, 7) is 4.26. The van der Waals surface area contributed by atoms with Gasteiger partial charge in [-0.05, 0) is 43.8 Å². The van der Waals surface area contributed by atoms with Crippen LogP contribution in [0, 0.1) is 0 Å². The second-order valence-electron chi connectivity index (χ2n) is 5.92. The van der Waals surface area contributed by atoms with E-state index in [9.17, 15) is 4.79 Å². The van der Waals surface area contributed by atoms with Crippen LogP contribution in [-0.2, 0) is 6.54 Å². The van der Waals surface area contributed by atoms with Crippen molar-refractivity contribution in [2.24, 2.45) is 0 Å². The van der Waals surface area contributed by atoms with Crippen molar-refractivity contribution in [2.45, 2.75) is 31.8 Å². The van der Waals surface area contributed by atoms with E-state index in [1.807, 2.05) is 0 Å². The highest BCUT2D eigenvalue weighted by atomic mass is 32.1. The highest BCUT2D eigenvalue weighted by molar-refractivity contribution is 7.10. The van der Waals surface area contributed by atoms with Gasteiger partial charge in [-0.25, -0.2) is 9.78 Å². The van der Waals surface area contributed by atoms with E-state index in [1.165, 1.54) is 24.0 Å². The van der Waals surface area contributed by atoms with Gasteiger partial charge in [-0.1, -0.05) is 6.07 Å². The molecule has 0 saturated carbocycles. The number of carbonyl (C=O) groups is 1. The van der Waals surface area contributed by atoms with E-state index in [1.54, 1.807) is 22.3 Å². The van der Waals surface area contributed by atoms with Crippen LogP contribution < -0.4 is 10.6 Å². The first-order valence-corrected chi connectivity index (χ1v) is 9.32. The number of urea groups is 1. The molecule has 2 aromatic rings.